The number of thiophene rings is 1. The summed E-state index contributed by atoms with van der Waals surface area (Å²) < 4.78 is 17.5. The zero-order valence-corrected chi connectivity index (χ0v) is 20.1. The van der Waals surface area contributed by atoms with Gasteiger partial charge in [0, 0.05) is 10.9 Å². The fourth-order valence-corrected chi connectivity index (χ4v) is 4.84. The van der Waals surface area contributed by atoms with Crippen LogP contribution in [-0.2, 0) is 7.05 Å². The second-order valence-electron chi connectivity index (χ2n) is 7.71. The van der Waals surface area contributed by atoms with E-state index >= 15 is 0 Å². The van der Waals surface area contributed by atoms with Crippen LogP contribution in [-0.4, -0.2) is 30.4 Å². The summed E-state index contributed by atoms with van der Waals surface area (Å²) in [6.45, 7) is 0. The van der Waals surface area contributed by atoms with Crippen molar-refractivity contribution in [2.45, 2.75) is 0 Å². The van der Waals surface area contributed by atoms with Gasteiger partial charge in [-0.15, -0.1) is 11.3 Å². The van der Waals surface area contributed by atoms with Gasteiger partial charge in [0.05, 0.1) is 25.6 Å². The number of aryl methyl sites for hydroxylation is 1. The largest absolute Gasteiger partial charge is 0.493 e. The van der Waals surface area contributed by atoms with Crippen LogP contribution in [0.4, 0.5) is 11.6 Å². The van der Waals surface area contributed by atoms with E-state index in [4.69, 9.17) is 24.7 Å². The van der Waals surface area contributed by atoms with Crippen molar-refractivity contribution >= 4 is 39.0 Å². The van der Waals surface area contributed by atoms with Crippen molar-refractivity contribution in [2.24, 2.45) is 7.05 Å². The van der Waals surface area contributed by atoms with Crippen molar-refractivity contribution in [3.8, 4) is 33.9 Å². The molecule has 35 heavy (non-hydrogen) atoms. The molecule has 9 nitrogen and oxygen atoms in total. The molecule has 0 radical (unpaired) electrons. The molecular weight excluding hydrogens is 466 g/mol. The smallest absolute Gasteiger partial charge is 0.302 e. The first-order chi connectivity index (χ1) is 17.0. The number of carbonyl (C=O) groups is 1. The van der Waals surface area contributed by atoms with E-state index < -0.39 is 5.91 Å². The molecule has 176 valence electrons. The van der Waals surface area contributed by atoms with Gasteiger partial charge in [-0.05, 0) is 29.3 Å². The summed E-state index contributed by atoms with van der Waals surface area (Å²) in [6, 6.07) is 17.5. The summed E-state index contributed by atoms with van der Waals surface area (Å²) in [5, 5.41) is 7.11. The Balaban J connectivity index is 1.70. The van der Waals surface area contributed by atoms with Gasteiger partial charge in [-0.3, -0.25) is 14.6 Å². The van der Waals surface area contributed by atoms with E-state index in [2.05, 4.69) is 10.6 Å². The highest BCUT2D eigenvalue weighted by Crippen LogP contribution is 2.43. The summed E-state index contributed by atoms with van der Waals surface area (Å²) in [7, 11) is 4.87. The molecule has 3 heterocycles. The van der Waals surface area contributed by atoms with E-state index in [1.807, 2.05) is 54.6 Å². The summed E-state index contributed by atoms with van der Waals surface area (Å²) in [6.07, 6.45) is 1.56. The van der Waals surface area contributed by atoms with Crippen LogP contribution in [0.3, 0.4) is 0 Å². The Morgan fingerprint density at radius 2 is 1.83 bits per heavy atom. The van der Waals surface area contributed by atoms with Gasteiger partial charge in [0.15, 0.2) is 23.8 Å². The number of amides is 1. The normalized spacial score (nSPS) is 10.9. The van der Waals surface area contributed by atoms with E-state index in [-0.39, 0.29) is 5.88 Å². The highest BCUT2D eigenvalue weighted by molar-refractivity contribution is 7.21. The molecule has 0 aliphatic heterocycles. The number of nitrogens with zero attached hydrogens (tertiary/aromatic N) is 3. The number of nitrogen functional groups attached to an aromatic ring is 1. The lowest BCUT2D eigenvalue weighted by Gasteiger charge is -2.12. The number of nitrogens with one attached hydrogen (secondary N) is 1. The molecule has 10 heteroatoms. The summed E-state index contributed by atoms with van der Waals surface area (Å²) in [4.78, 5) is 18.9. The number of hydrogen-bond acceptors (Lipinski definition) is 8. The minimum atomic E-state index is -0.401. The average molecular weight is 489 g/mol. The quantitative estimate of drug-likeness (QED) is 0.342. The molecule has 0 bridgehead atoms. The molecule has 3 N–H and O–H groups in total. The van der Waals surface area contributed by atoms with Gasteiger partial charge in [0.25, 0.3) is 12.1 Å². The first-order valence-electron chi connectivity index (χ1n) is 10.6. The van der Waals surface area contributed by atoms with E-state index in [9.17, 15) is 4.79 Å². The van der Waals surface area contributed by atoms with Gasteiger partial charge in [0.2, 0.25) is 0 Å². The topological polar surface area (TPSA) is 116 Å². The first-order valence-corrected chi connectivity index (χ1v) is 11.4. The summed E-state index contributed by atoms with van der Waals surface area (Å²) in [5.74, 6) is 1.01. The number of nitrogens with two attached hydrogens (primary N) is 1. The molecular formula is C25H22N5O4S+. The minimum Gasteiger partial charge on any atom is -0.493 e. The Morgan fingerprint density at radius 1 is 1.06 bits per heavy atom. The maximum Gasteiger partial charge on any atom is 0.302 e. The molecule has 0 aliphatic carbocycles. The van der Waals surface area contributed by atoms with Crippen LogP contribution in [0, 0.1) is 0 Å². The zero-order chi connectivity index (χ0) is 24.5. The molecule has 0 saturated heterocycles. The van der Waals surface area contributed by atoms with E-state index in [1.165, 1.54) is 16.0 Å². The van der Waals surface area contributed by atoms with Crippen molar-refractivity contribution in [1.29, 1.82) is 0 Å². The van der Waals surface area contributed by atoms with Crippen molar-refractivity contribution in [2.75, 3.05) is 25.3 Å². The van der Waals surface area contributed by atoms with Crippen LogP contribution in [0.2, 0.25) is 0 Å². The fourth-order valence-electron chi connectivity index (χ4n) is 3.83. The molecule has 5 aromatic rings. The Hall–Kier alpha value is -4.44. The molecule has 0 saturated carbocycles. The Morgan fingerprint density at radius 3 is 2.51 bits per heavy atom. The summed E-state index contributed by atoms with van der Waals surface area (Å²) >= 11 is 1.22. The fraction of sp³-hybridized carbons (Fsp3) is 0.120. The van der Waals surface area contributed by atoms with Gasteiger partial charge in [-0.25, -0.2) is 4.98 Å². The lowest BCUT2D eigenvalue weighted by molar-refractivity contribution is -0.739. The molecule has 0 spiro atoms. The molecule has 0 fully saturated rings. The predicted molar refractivity (Wildman–Crippen MR) is 134 cm³/mol. The maximum atomic E-state index is 13.1. The lowest BCUT2D eigenvalue weighted by atomic mass is 9.99. The maximum absolute atomic E-state index is 13.1. The van der Waals surface area contributed by atoms with Crippen LogP contribution < -0.4 is 25.2 Å². The van der Waals surface area contributed by atoms with Gasteiger partial charge < -0.3 is 15.2 Å². The van der Waals surface area contributed by atoms with Gasteiger partial charge >= 0.3 is 5.88 Å². The molecule has 0 aliphatic rings. The monoisotopic (exact) mass is 488 g/mol. The Labute approximate surface area is 204 Å². The number of hydrogen-bond donors (Lipinski definition) is 2. The van der Waals surface area contributed by atoms with Crippen LogP contribution in [0.5, 0.6) is 11.5 Å². The standard InChI is InChI=1S/C25H21N5O4S/c1-30-13-20(34-29-30)28-24(31)23-22(26)21-16(15-9-10-18(32-2)19(11-15)33-3)12-17(27-25(21)35-23)14-7-5-4-6-8-14/h4-13H,1-3H3,(H2-,26,28,29,31)/p+1. The minimum absolute atomic E-state index is 0.215. The molecule has 0 atom stereocenters. The SMILES string of the molecule is COc1ccc(-c2cc(-c3ccccc3)nc3sc(C(=O)Nc4c[n+](C)no4)c(N)c23)cc1OC. The average Bonchev–Trinajstić information content (AvgIpc) is 3.45. The molecule has 2 aromatic carbocycles. The lowest BCUT2D eigenvalue weighted by Crippen LogP contribution is -2.28. The Kier molecular flexibility index (Phi) is 5.79. The number of fused-ring (bicyclic) bond motifs is 1. The van der Waals surface area contributed by atoms with E-state index in [1.54, 1.807) is 27.5 Å². The summed E-state index contributed by atoms with van der Waals surface area (Å²) in [5.41, 5.74) is 10.3. The third-order valence-corrected chi connectivity index (χ3v) is 6.58. The van der Waals surface area contributed by atoms with Gasteiger partial charge in [-0.1, -0.05) is 41.1 Å². The number of benzene rings is 2. The van der Waals surface area contributed by atoms with Crippen molar-refractivity contribution in [3.05, 3.63) is 65.7 Å². The van der Waals surface area contributed by atoms with Crippen LogP contribution in [0.15, 0.2) is 65.3 Å². The second-order valence-corrected chi connectivity index (χ2v) is 8.71. The van der Waals surface area contributed by atoms with Crippen molar-refractivity contribution < 1.29 is 23.5 Å². The van der Waals surface area contributed by atoms with Crippen molar-refractivity contribution in [1.82, 2.24) is 10.3 Å². The number of ether oxygens (including phenoxy) is 2. The van der Waals surface area contributed by atoms with Gasteiger partial charge in [0.1, 0.15) is 9.71 Å². The van der Waals surface area contributed by atoms with Crippen LogP contribution >= 0.6 is 11.3 Å². The number of pyridine rings is 1. The predicted octanol–water partition coefficient (Wildman–Crippen LogP) is 4.29. The molecule has 1 amide bonds. The first kappa shape index (κ1) is 22.4. The second kappa shape index (κ2) is 9.07. The number of rotatable bonds is 6. The molecule has 5 rings (SSSR count). The van der Waals surface area contributed by atoms with Crippen molar-refractivity contribution in [3.63, 3.8) is 0 Å². The zero-order valence-electron chi connectivity index (χ0n) is 19.2. The number of carbonyl (C=O) groups excluding carboxylic acids is 1. The number of methoxy groups -OCH3 is 2. The molecule has 0 unspecified atom stereocenters. The van der Waals surface area contributed by atoms with E-state index in [0.717, 1.165) is 22.4 Å². The van der Waals surface area contributed by atoms with Gasteiger partial charge in [-0.2, -0.15) is 0 Å². The highest BCUT2D eigenvalue weighted by atomic mass is 32.1. The van der Waals surface area contributed by atoms with E-state index in [0.29, 0.717) is 32.3 Å². The highest BCUT2D eigenvalue weighted by Gasteiger charge is 2.23. The Bertz CT molecular complexity index is 1540. The third-order valence-electron chi connectivity index (χ3n) is 5.48. The molecule has 3 aromatic heterocycles. The number of anilines is 2. The van der Waals surface area contributed by atoms with Crippen LogP contribution in [0.1, 0.15) is 9.67 Å². The third kappa shape index (κ3) is 4.15. The van der Waals surface area contributed by atoms with Crippen LogP contribution in [0.25, 0.3) is 32.6 Å². The number of aromatic nitrogens is 3.